The maximum absolute atomic E-state index is 6.08. The van der Waals surface area contributed by atoms with Crippen LogP contribution in [0, 0.1) is 0 Å². The Morgan fingerprint density at radius 1 is 1.33 bits per heavy atom. The molecule has 0 spiro atoms. The van der Waals surface area contributed by atoms with E-state index in [2.05, 4.69) is 55.1 Å². The first-order valence-electron chi connectivity index (χ1n) is 6.85. The van der Waals surface area contributed by atoms with E-state index in [-0.39, 0.29) is 6.04 Å². The molecule has 1 aliphatic heterocycles. The Balaban J connectivity index is 2.20. The third-order valence-corrected chi connectivity index (χ3v) is 3.89. The number of rotatable bonds is 3. The van der Waals surface area contributed by atoms with Gasteiger partial charge in [-0.25, -0.2) is 0 Å². The molecule has 1 saturated heterocycles. The first-order valence-corrected chi connectivity index (χ1v) is 6.85. The summed E-state index contributed by atoms with van der Waals surface area (Å²) in [4.78, 5) is 4.83. The summed E-state index contributed by atoms with van der Waals surface area (Å²) < 4.78 is 0. The Bertz CT molecular complexity index is 387. The highest BCUT2D eigenvalue weighted by Crippen LogP contribution is 2.28. The molecule has 1 aromatic rings. The van der Waals surface area contributed by atoms with Crippen LogP contribution in [0.3, 0.4) is 0 Å². The van der Waals surface area contributed by atoms with Gasteiger partial charge in [0.05, 0.1) is 0 Å². The molecule has 1 aliphatic rings. The van der Waals surface area contributed by atoms with Crippen LogP contribution in [0.15, 0.2) is 24.3 Å². The van der Waals surface area contributed by atoms with Gasteiger partial charge in [0, 0.05) is 30.9 Å². The van der Waals surface area contributed by atoms with Crippen LogP contribution in [0.1, 0.15) is 31.4 Å². The Hall–Kier alpha value is -1.06. The molecule has 0 amide bonds. The fraction of sp³-hybridized carbons (Fsp3) is 0.600. The molecule has 3 heteroatoms. The van der Waals surface area contributed by atoms with E-state index in [4.69, 9.17) is 5.73 Å². The third-order valence-electron chi connectivity index (χ3n) is 3.89. The zero-order valence-electron chi connectivity index (χ0n) is 11.8. The van der Waals surface area contributed by atoms with Gasteiger partial charge in [-0.05, 0) is 45.5 Å². The van der Waals surface area contributed by atoms with Crippen molar-refractivity contribution in [1.82, 2.24) is 4.90 Å². The smallest absolute Gasteiger partial charge is 0.0415 e. The molecule has 0 aromatic heterocycles. The van der Waals surface area contributed by atoms with Crippen molar-refractivity contribution in [3.8, 4) is 0 Å². The van der Waals surface area contributed by atoms with Crippen molar-refractivity contribution in [2.45, 2.75) is 31.8 Å². The van der Waals surface area contributed by atoms with Gasteiger partial charge in [0.25, 0.3) is 0 Å². The number of nitrogens with zero attached hydrogens (tertiary/aromatic N) is 2. The molecule has 2 N–H and O–H groups in total. The monoisotopic (exact) mass is 247 g/mol. The van der Waals surface area contributed by atoms with Crippen LogP contribution in [0.5, 0.6) is 0 Å². The van der Waals surface area contributed by atoms with E-state index < -0.39 is 0 Å². The van der Waals surface area contributed by atoms with Crippen molar-refractivity contribution in [3.63, 3.8) is 0 Å². The van der Waals surface area contributed by atoms with Gasteiger partial charge in [-0.3, -0.25) is 0 Å². The van der Waals surface area contributed by atoms with E-state index >= 15 is 0 Å². The summed E-state index contributed by atoms with van der Waals surface area (Å²) in [6.07, 6.45) is 2.56. The number of hydrogen-bond donors (Lipinski definition) is 1. The van der Waals surface area contributed by atoms with E-state index in [1.54, 1.807) is 0 Å². The maximum atomic E-state index is 6.08. The number of piperidine rings is 1. The summed E-state index contributed by atoms with van der Waals surface area (Å²) in [6, 6.07) is 9.30. The molecule has 3 nitrogen and oxygen atoms in total. The van der Waals surface area contributed by atoms with Crippen molar-refractivity contribution in [2.24, 2.45) is 5.73 Å². The van der Waals surface area contributed by atoms with Crippen LogP contribution in [0.2, 0.25) is 0 Å². The van der Waals surface area contributed by atoms with Crippen molar-refractivity contribution < 1.29 is 0 Å². The minimum Gasteiger partial charge on any atom is -0.370 e. The predicted molar refractivity (Wildman–Crippen MR) is 78.0 cm³/mol. The van der Waals surface area contributed by atoms with Gasteiger partial charge >= 0.3 is 0 Å². The minimum atomic E-state index is 0.0981. The van der Waals surface area contributed by atoms with Crippen molar-refractivity contribution >= 4 is 5.69 Å². The van der Waals surface area contributed by atoms with Crippen molar-refractivity contribution in [3.05, 3.63) is 29.8 Å². The summed E-state index contributed by atoms with van der Waals surface area (Å²) in [5.74, 6) is 0. The average molecular weight is 247 g/mol. The lowest BCUT2D eigenvalue weighted by molar-refractivity contribution is 0.258. The fourth-order valence-corrected chi connectivity index (χ4v) is 2.76. The first kappa shape index (κ1) is 13.4. The van der Waals surface area contributed by atoms with Gasteiger partial charge in [0.15, 0.2) is 0 Å². The van der Waals surface area contributed by atoms with Gasteiger partial charge in [-0.2, -0.15) is 0 Å². The SMILES string of the molecule is C[C@H](N)c1ccccc1N1CCCC(N(C)C)C1. The maximum Gasteiger partial charge on any atom is 0.0415 e. The Labute approximate surface area is 111 Å². The van der Waals surface area contributed by atoms with E-state index in [0.29, 0.717) is 6.04 Å². The summed E-state index contributed by atoms with van der Waals surface area (Å²) >= 11 is 0. The van der Waals surface area contributed by atoms with Gasteiger partial charge in [0.2, 0.25) is 0 Å². The molecule has 18 heavy (non-hydrogen) atoms. The van der Waals surface area contributed by atoms with Crippen LogP contribution in [-0.2, 0) is 0 Å². The van der Waals surface area contributed by atoms with Gasteiger partial charge in [0.1, 0.15) is 0 Å². The molecule has 1 aromatic carbocycles. The second-order valence-corrected chi connectivity index (χ2v) is 5.55. The highest BCUT2D eigenvalue weighted by molar-refractivity contribution is 5.55. The van der Waals surface area contributed by atoms with Crippen LogP contribution >= 0.6 is 0 Å². The third kappa shape index (κ3) is 2.85. The number of anilines is 1. The van der Waals surface area contributed by atoms with Gasteiger partial charge in [-0.15, -0.1) is 0 Å². The number of nitrogens with two attached hydrogens (primary N) is 1. The molecule has 2 rings (SSSR count). The highest BCUT2D eigenvalue weighted by atomic mass is 15.2. The molecule has 1 unspecified atom stereocenters. The number of hydrogen-bond acceptors (Lipinski definition) is 3. The summed E-state index contributed by atoms with van der Waals surface area (Å²) in [7, 11) is 4.34. The number of para-hydroxylation sites is 1. The standard InChI is InChI=1S/C15H25N3/c1-12(16)14-8-4-5-9-15(14)18-10-6-7-13(11-18)17(2)3/h4-5,8-9,12-13H,6-7,10-11,16H2,1-3H3/t12-,13?/m0/s1. The van der Waals surface area contributed by atoms with Crippen LogP contribution in [0.25, 0.3) is 0 Å². The Morgan fingerprint density at radius 2 is 2.06 bits per heavy atom. The second kappa shape index (κ2) is 5.72. The normalized spacial score (nSPS) is 22.3. The zero-order valence-corrected chi connectivity index (χ0v) is 11.8. The van der Waals surface area contributed by atoms with Gasteiger partial charge < -0.3 is 15.5 Å². The van der Waals surface area contributed by atoms with E-state index in [1.807, 2.05) is 0 Å². The number of likely N-dealkylation sites (N-methyl/N-ethyl adjacent to an activating group) is 1. The molecular formula is C15H25N3. The molecule has 0 saturated carbocycles. The second-order valence-electron chi connectivity index (χ2n) is 5.55. The highest BCUT2D eigenvalue weighted by Gasteiger charge is 2.23. The lowest BCUT2D eigenvalue weighted by atomic mass is 10.0. The minimum absolute atomic E-state index is 0.0981. The Kier molecular flexibility index (Phi) is 4.25. The van der Waals surface area contributed by atoms with Crippen molar-refractivity contribution in [1.29, 1.82) is 0 Å². The average Bonchev–Trinajstić information content (AvgIpc) is 2.39. The Morgan fingerprint density at radius 3 is 2.72 bits per heavy atom. The molecule has 0 aliphatic carbocycles. The molecule has 100 valence electrons. The molecule has 1 fully saturated rings. The molecule has 0 bridgehead atoms. The molecule has 2 atom stereocenters. The lowest BCUT2D eigenvalue weighted by Gasteiger charge is -2.38. The van der Waals surface area contributed by atoms with Crippen molar-refractivity contribution in [2.75, 3.05) is 32.1 Å². The molecule has 1 heterocycles. The van der Waals surface area contributed by atoms with E-state index in [1.165, 1.54) is 24.1 Å². The molecule has 0 radical (unpaired) electrons. The quantitative estimate of drug-likeness (QED) is 0.889. The summed E-state index contributed by atoms with van der Waals surface area (Å²) in [5, 5.41) is 0. The predicted octanol–water partition coefficient (Wildman–Crippen LogP) is 2.24. The first-order chi connectivity index (χ1) is 8.59. The van der Waals surface area contributed by atoms with Crippen LogP contribution in [-0.4, -0.2) is 38.1 Å². The fourth-order valence-electron chi connectivity index (χ4n) is 2.76. The van der Waals surface area contributed by atoms with Crippen LogP contribution < -0.4 is 10.6 Å². The van der Waals surface area contributed by atoms with E-state index in [0.717, 1.165) is 13.1 Å². The van der Waals surface area contributed by atoms with E-state index in [9.17, 15) is 0 Å². The van der Waals surface area contributed by atoms with Gasteiger partial charge in [-0.1, -0.05) is 18.2 Å². The largest absolute Gasteiger partial charge is 0.370 e. The lowest BCUT2D eigenvalue weighted by Crippen LogP contribution is -2.45. The summed E-state index contributed by atoms with van der Waals surface area (Å²) in [5.41, 5.74) is 8.66. The molecular weight excluding hydrogens is 222 g/mol. The number of benzene rings is 1. The summed E-state index contributed by atoms with van der Waals surface area (Å²) in [6.45, 7) is 4.32. The zero-order chi connectivity index (χ0) is 13.1. The van der Waals surface area contributed by atoms with Crippen LogP contribution in [0.4, 0.5) is 5.69 Å². The topological polar surface area (TPSA) is 32.5 Å².